The fourth-order valence-electron chi connectivity index (χ4n) is 3.73. The minimum absolute atomic E-state index is 0.196. The molecule has 0 unspecified atom stereocenters. The van der Waals surface area contributed by atoms with Gasteiger partial charge in [0.05, 0.1) is 11.4 Å². The molecule has 1 aromatic heterocycles. The van der Waals surface area contributed by atoms with Crippen molar-refractivity contribution in [3.05, 3.63) is 71.2 Å². The first-order valence-electron chi connectivity index (χ1n) is 10.1. The summed E-state index contributed by atoms with van der Waals surface area (Å²) in [6.07, 6.45) is -3.19. The minimum atomic E-state index is -4.69. The molecule has 2 heterocycles. The number of aromatic nitrogens is 2. The molecular formula is C23H22F3N3O2. The van der Waals surface area contributed by atoms with Crippen LogP contribution in [0.1, 0.15) is 29.6 Å². The molecule has 0 saturated carbocycles. The molecule has 0 atom stereocenters. The lowest BCUT2D eigenvalue weighted by Crippen LogP contribution is -2.31. The molecule has 0 saturated heterocycles. The number of hydrogen-bond acceptors (Lipinski definition) is 5. The van der Waals surface area contributed by atoms with Crippen LogP contribution in [0.3, 0.4) is 0 Å². The maximum Gasteiger partial charge on any atom is 0.573 e. The number of rotatable bonds is 5. The Kier molecular flexibility index (Phi) is 5.82. The van der Waals surface area contributed by atoms with Crippen molar-refractivity contribution in [1.82, 2.24) is 14.9 Å². The molecule has 0 radical (unpaired) electrons. The van der Waals surface area contributed by atoms with Gasteiger partial charge < -0.3 is 9.84 Å². The second-order valence-corrected chi connectivity index (χ2v) is 7.47. The van der Waals surface area contributed by atoms with Gasteiger partial charge in [0.25, 0.3) is 0 Å². The summed E-state index contributed by atoms with van der Waals surface area (Å²) in [6.45, 7) is 4.04. The Morgan fingerprint density at radius 2 is 1.74 bits per heavy atom. The number of fused-ring (bicyclic) bond motifs is 1. The van der Waals surface area contributed by atoms with Crippen molar-refractivity contribution < 1.29 is 23.0 Å². The van der Waals surface area contributed by atoms with Crippen LogP contribution in [-0.4, -0.2) is 32.9 Å². The fraction of sp³-hybridized carbons (Fsp3) is 0.304. The summed E-state index contributed by atoms with van der Waals surface area (Å²) < 4.78 is 41.0. The fourth-order valence-corrected chi connectivity index (χ4v) is 3.73. The quantitative estimate of drug-likeness (QED) is 0.627. The first kappa shape index (κ1) is 21.1. The van der Waals surface area contributed by atoms with Crippen molar-refractivity contribution in [2.45, 2.75) is 39.2 Å². The average Bonchev–Trinajstić information content (AvgIpc) is 2.74. The van der Waals surface area contributed by atoms with Crippen LogP contribution >= 0.6 is 0 Å². The third kappa shape index (κ3) is 5.14. The largest absolute Gasteiger partial charge is 0.573 e. The Hall–Kier alpha value is -3.13. The number of phenols is 1. The lowest BCUT2D eigenvalue weighted by molar-refractivity contribution is -0.274. The number of hydrogen-bond donors (Lipinski definition) is 1. The number of ether oxygens (including phenoxy) is 1. The molecular weight excluding hydrogens is 407 g/mol. The van der Waals surface area contributed by atoms with E-state index in [4.69, 9.17) is 9.97 Å². The van der Waals surface area contributed by atoms with Crippen molar-refractivity contribution in [3.8, 4) is 22.8 Å². The SMILES string of the molecule is CCc1nc2c(c(-c3ccc(O)cc3)n1)CN(Cc1ccc(OC(F)(F)F)cc1)CC2. The molecule has 1 N–H and O–H groups in total. The Morgan fingerprint density at radius 1 is 1.03 bits per heavy atom. The molecule has 0 fully saturated rings. The smallest absolute Gasteiger partial charge is 0.508 e. The first-order chi connectivity index (χ1) is 14.8. The van der Waals surface area contributed by atoms with E-state index in [0.29, 0.717) is 13.1 Å². The monoisotopic (exact) mass is 429 g/mol. The second-order valence-electron chi connectivity index (χ2n) is 7.47. The molecule has 0 bridgehead atoms. The number of aryl methyl sites for hydroxylation is 1. The van der Waals surface area contributed by atoms with E-state index < -0.39 is 6.36 Å². The van der Waals surface area contributed by atoms with Gasteiger partial charge in [-0.25, -0.2) is 9.97 Å². The normalized spacial score (nSPS) is 14.3. The van der Waals surface area contributed by atoms with Gasteiger partial charge in [-0.2, -0.15) is 0 Å². The molecule has 2 aromatic carbocycles. The highest BCUT2D eigenvalue weighted by Crippen LogP contribution is 2.30. The molecule has 0 aliphatic carbocycles. The van der Waals surface area contributed by atoms with Gasteiger partial charge >= 0.3 is 6.36 Å². The van der Waals surface area contributed by atoms with Crippen LogP contribution in [0.25, 0.3) is 11.3 Å². The van der Waals surface area contributed by atoms with E-state index in [1.807, 2.05) is 19.1 Å². The molecule has 31 heavy (non-hydrogen) atoms. The molecule has 0 spiro atoms. The van der Waals surface area contributed by atoms with Gasteiger partial charge in [0.15, 0.2) is 0 Å². The summed E-state index contributed by atoms with van der Waals surface area (Å²) in [6, 6.07) is 12.9. The molecule has 162 valence electrons. The van der Waals surface area contributed by atoms with Crippen molar-refractivity contribution in [1.29, 1.82) is 0 Å². The third-order valence-electron chi connectivity index (χ3n) is 5.21. The third-order valence-corrected chi connectivity index (χ3v) is 5.21. The lowest BCUT2D eigenvalue weighted by Gasteiger charge is -2.30. The summed E-state index contributed by atoms with van der Waals surface area (Å²) in [5.41, 5.74) is 4.75. The number of nitrogens with zero attached hydrogens (tertiary/aromatic N) is 3. The van der Waals surface area contributed by atoms with Gasteiger partial charge in [-0.1, -0.05) is 19.1 Å². The molecule has 4 rings (SSSR count). The van der Waals surface area contributed by atoms with Crippen molar-refractivity contribution in [2.24, 2.45) is 0 Å². The Labute approximate surface area is 178 Å². The topological polar surface area (TPSA) is 58.5 Å². The molecule has 1 aliphatic heterocycles. The highest BCUT2D eigenvalue weighted by atomic mass is 19.4. The minimum Gasteiger partial charge on any atom is -0.508 e. The number of alkyl halides is 3. The van der Waals surface area contributed by atoms with Gasteiger partial charge in [-0.3, -0.25) is 4.90 Å². The Bertz CT molecular complexity index is 1050. The van der Waals surface area contributed by atoms with E-state index in [1.54, 1.807) is 24.3 Å². The van der Waals surface area contributed by atoms with Gasteiger partial charge in [0.1, 0.15) is 17.3 Å². The van der Waals surface area contributed by atoms with Crippen LogP contribution in [0.5, 0.6) is 11.5 Å². The number of aromatic hydroxyl groups is 1. The van der Waals surface area contributed by atoms with Gasteiger partial charge in [0.2, 0.25) is 0 Å². The summed E-state index contributed by atoms with van der Waals surface area (Å²) in [5, 5.41) is 9.62. The zero-order valence-electron chi connectivity index (χ0n) is 17.0. The summed E-state index contributed by atoms with van der Waals surface area (Å²) in [4.78, 5) is 11.7. The van der Waals surface area contributed by atoms with Crippen molar-refractivity contribution >= 4 is 0 Å². The summed E-state index contributed by atoms with van der Waals surface area (Å²) >= 11 is 0. The van der Waals surface area contributed by atoms with Gasteiger partial charge in [-0.05, 0) is 42.0 Å². The molecule has 5 nitrogen and oxygen atoms in total. The number of benzene rings is 2. The average molecular weight is 429 g/mol. The van der Waals surface area contributed by atoms with Crippen molar-refractivity contribution in [3.63, 3.8) is 0 Å². The maximum atomic E-state index is 12.4. The molecule has 0 amide bonds. The molecule has 3 aromatic rings. The van der Waals surface area contributed by atoms with Crippen LogP contribution in [0.4, 0.5) is 13.2 Å². The van der Waals surface area contributed by atoms with E-state index >= 15 is 0 Å². The van der Waals surface area contributed by atoms with E-state index in [0.717, 1.165) is 53.3 Å². The second kappa shape index (κ2) is 8.55. The highest BCUT2D eigenvalue weighted by molar-refractivity contribution is 5.65. The van der Waals surface area contributed by atoms with E-state index in [-0.39, 0.29) is 11.5 Å². The van der Waals surface area contributed by atoms with Crippen molar-refractivity contribution in [2.75, 3.05) is 6.54 Å². The van der Waals surface area contributed by atoms with E-state index in [1.165, 1.54) is 12.1 Å². The lowest BCUT2D eigenvalue weighted by atomic mass is 9.98. The predicted molar refractivity (Wildman–Crippen MR) is 109 cm³/mol. The standard InChI is InChI=1S/C23H22F3N3O2/c1-2-21-27-20-11-12-29(13-15-3-9-18(10-4-15)31-23(24,25)26)14-19(20)22(28-21)16-5-7-17(30)8-6-16/h3-10,30H,2,11-14H2,1H3. The number of halogens is 3. The number of phenolic OH excluding ortho intramolecular Hbond substituents is 1. The zero-order chi connectivity index (χ0) is 22.0. The maximum absolute atomic E-state index is 12.4. The Balaban J connectivity index is 1.56. The highest BCUT2D eigenvalue weighted by Gasteiger charge is 2.31. The van der Waals surface area contributed by atoms with Crippen LogP contribution in [0.15, 0.2) is 48.5 Å². The van der Waals surface area contributed by atoms with Crippen LogP contribution in [0.2, 0.25) is 0 Å². The summed E-state index contributed by atoms with van der Waals surface area (Å²) in [5.74, 6) is 0.757. The van der Waals surface area contributed by atoms with Crippen LogP contribution < -0.4 is 4.74 Å². The molecule has 1 aliphatic rings. The summed E-state index contributed by atoms with van der Waals surface area (Å²) in [7, 11) is 0. The molecule has 8 heteroatoms. The first-order valence-corrected chi connectivity index (χ1v) is 10.1. The van der Waals surface area contributed by atoms with Gasteiger partial charge in [0, 0.05) is 43.6 Å². The Morgan fingerprint density at radius 3 is 2.39 bits per heavy atom. The van der Waals surface area contributed by atoms with Gasteiger partial charge in [-0.15, -0.1) is 13.2 Å². The zero-order valence-corrected chi connectivity index (χ0v) is 17.0. The van der Waals surface area contributed by atoms with Crippen LogP contribution in [-0.2, 0) is 25.9 Å². The van der Waals surface area contributed by atoms with Crippen LogP contribution in [0, 0.1) is 0 Å². The van der Waals surface area contributed by atoms with E-state index in [9.17, 15) is 18.3 Å². The predicted octanol–water partition coefficient (Wildman–Crippen LogP) is 4.87. The van der Waals surface area contributed by atoms with E-state index in [2.05, 4.69) is 9.64 Å².